The van der Waals surface area contributed by atoms with E-state index in [4.69, 9.17) is 0 Å². The van der Waals surface area contributed by atoms with E-state index in [9.17, 15) is 9.90 Å². The summed E-state index contributed by atoms with van der Waals surface area (Å²) in [5, 5.41) is 9.45. The first-order valence-corrected chi connectivity index (χ1v) is 7.66. The topological polar surface area (TPSA) is 40.5 Å². The highest BCUT2D eigenvalue weighted by atomic mass is 16.4. The van der Waals surface area contributed by atoms with E-state index >= 15 is 0 Å². The van der Waals surface area contributed by atoms with Crippen LogP contribution < -0.4 is 0 Å². The Morgan fingerprint density at radius 3 is 2.74 bits per heavy atom. The van der Waals surface area contributed by atoms with Crippen molar-refractivity contribution in [3.8, 4) is 0 Å². The van der Waals surface area contributed by atoms with Crippen molar-refractivity contribution in [3.05, 3.63) is 23.9 Å². The molecule has 0 radical (unpaired) electrons. The van der Waals surface area contributed by atoms with E-state index in [0.29, 0.717) is 5.70 Å². The van der Waals surface area contributed by atoms with Gasteiger partial charge in [-0.25, -0.2) is 4.79 Å². The van der Waals surface area contributed by atoms with Crippen molar-refractivity contribution >= 4 is 5.97 Å². The van der Waals surface area contributed by atoms with E-state index in [1.54, 1.807) is 0 Å². The standard InChI is InChI=1S/C16H25NO2/c18-16(19)15-12-8-4-5-9-13-17(15)14-10-6-2-1-3-7-11-14/h6,10,12,14H,1-5,7-9,11,13H2,(H,18,19). The van der Waals surface area contributed by atoms with Gasteiger partial charge in [0.1, 0.15) is 5.70 Å². The Bertz CT molecular complexity index is 360. The fourth-order valence-electron chi connectivity index (χ4n) is 3.04. The number of hydrogen-bond acceptors (Lipinski definition) is 2. The zero-order valence-electron chi connectivity index (χ0n) is 11.7. The molecule has 0 aromatic rings. The van der Waals surface area contributed by atoms with Crippen LogP contribution in [-0.2, 0) is 4.79 Å². The monoisotopic (exact) mass is 263 g/mol. The number of carbonyl (C=O) groups is 1. The normalized spacial score (nSPS) is 25.8. The van der Waals surface area contributed by atoms with Gasteiger partial charge in [0.05, 0.1) is 0 Å². The summed E-state index contributed by atoms with van der Waals surface area (Å²) in [7, 11) is 0. The second-order valence-electron chi connectivity index (χ2n) is 5.57. The van der Waals surface area contributed by atoms with Crippen LogP contribution in [-0.4, -0.2) is 28.6 Å². The summed E-state index contributed by atoms with van der Waals surface area (Å²) < 4.78 is 0. The molecule has 1 heterocycles. The summed E-state index contributed by atoms with van der Waals surface area (Å²) in [6.07, 6.45) is 16.7. The highest BCUT2D eigenvalue weighted by molar-refractivity contribution is 5.86. The van der Waals surface area contributed by atoms with Crippen molar-refractivity contribution in [2.24, 2.45) is 0 Å². The molecular weight excluding hydrogens is 238 g/mol. The Kier molecular flexibility index (Phi) is 5.49. The Labute approximate surface area is 116 Å². The zero-order valence-corrected chi connectivity index (χ0v) is 11.7. The van der Waals surface area contributed by atoms with Gasteiger partial charge in [-0.1, -0.05) is 37.5 Å². The number of aliphatic carboxylic acids is 1. The number of rotatable bonds is 2. The Hall–Kier alpha value is -1.25. The molecule has 0 aromatic carbocycles. The highest BCUT2D eigenvalue weighted by Gasteiger charge is 2.23. The molecule has 0 saturated heterocycles. The maximum atomic E-state index is 11.5. The van der Waals surface area contributed by atoms with Crippen LogP contribution in [0.2, 0.25) is 0 Å². The number of allylic oxidation sites excluding steroid dienone is 2. The fourth-order valence-corrected chi connectivity index (χ4v) is 3.04. The Morgan fingerprint density at radius 1 is 1.11 bits per heavy atom. The summed E-state index contributed by atoms with van der Waals surface area (Å²) in [4.78, 5) is 13.6. The molecule has 0 saturated carbocycles. The maximum absolute atomic E-state index is 11.5. The molecule has 0 spiro atoms. The second kappa shape index (κ2) is 7.37. The molecule has 1 atom stereocenters. The van der Waals surface area contributed by atoms with Crippen LogP contribution in [0.5, 0.6) is 0 Å². The zero-order chi connectivity index (χ0) is 13.5. The summed E-state index contributed by atoms with van der Waals surface area (Å²) in [5.74, 6) is -0.766. The predicted octanol–water partition coefficient (Wildman–Crippen LogP) is 3.72. The molecule has 19 heavy (non-hydrogen) atoms. The van der Waals surface area contributed by atoms with Crippen molar-refractivity contribution in [2.75, 3.05) is 6.54 Å². The van der Waals surface area contributed by atoms with Gasteiger partial charge in [-0.15, -0.1) is 0 Å². The van der Waals surface area contributed by atoms with E-state index in [-0.39, 0.29) is 6.04 Å². The molecular formula is C16H25NO2. The number of hydrogen-bond donors (Lipinski definition) is 1. The number of nitrogens with zero attached hydrogens (tertiary/aromatic N) is 1. The molecule has 0 bridgehead atoms. The van der Waals surface area contributed by atoms with Gasteiger partial charge < -0.3 is 10.0 Å². The summed E-state index contributed by atoms with van der Waals surface area (Å²) in [5.41, 5.74) is 0.523. The molecule has 0 fully saturated rings. The van der Waals surface area contributed by atoms with E-state index < -0.39 is 5.97 Å². The van der Waals surface area contributed by atoms with Gasteiger partial charge in [0, 0.05) is 12.6 Å². The SMILES string of the molecule is O=C(O)C1=CCCCCCN1C1C=CCCCCC1. The third kappa shape index (κ3) is 4.12. The van der Waals surface area contributed by atoms with Gasteiger partial charge in [0.2, 0.25) is 0 Å². The first-order chi connectivity index (χ1) is 9.29. The summed E-state index contributed by atoms with van der Waals surface area (Å²) >= 11 is 0. The van der Waals surface area contributed by atoms with Gasteiger partial charge in [-0.2, -0.15) is 0 Å². The highest BCUT2D eigenvalue weighted by Crippen LogP contribution is 2.23. The van der Waals surface area contributed by atoms with Crippen LogP contribution in [0, 0.1) is 0 Å². The third-order valence-electron chi connectivity index (χ3n) is 4.10. The minimum absolute atomic E-state index is 0.278. The molecule has 3 nitrogen and oxygen atoms in total. The van der Waals surface area contributed by atoms with E-state index in [2.05, 4.69) is 17.1 Å². The minimum Gasteiger partial charge on any atom is -0.477 e. The summed E-state index contributed by atoms with van der Waals surface area (Å²) in [6, 6.07) is 0.278. The summed E-state index contributed by atoms with van der Waals surface area (Å²) in [6.45, 7) is 0.882. The van der Waals surface area contributed by atoms with E-state index in [1.165, 1.54) is 25.7 Å². The van der Waals surface area contributed by atoms with Crippen LogP contribution in [0.15, 0.2) is 23.9 Å². The van der Waals surface area contributed by atoms with Gasteiger partial charge >= 0.3 is 5.97 Å². The molecule has 1 aliphatic carbocycles. The smallest absolute Gasteiger partial charge is 0.351 e. The lowest BCUT2D eigenvalue weighted by Crippen LogP contribution is -2.37. The van der Waals surface area contributed by atoms with Crippen LogP contribution in [0.1, 0.15) is 57.8 Å². The largest absolute Gasteiger partial charge is 0.477 e. The molecule has 0 aromatic heterocycles. The maximum Gasteiger partial charge on any atom is 0.351 e. The second-order valence-corrected chi connectivity index (χ2v) is 5.57. The molecule has 3 heteroatoms. The van der Waals surface area contributed by atoms with Crippen LogP contribution in [0.4, 0.5) is 0 Å². The average Bonchev–Trinajstić information content (AvgIpc) is 2.29. The van der Waals surface area contributed by atoms with Crippen molar-refractivity contribution < 1.29 is 9.90 Å². The van der Waals surface area contributed by atoms with Crippen LogP contribution in [0.3, 0.4) is 0 Å². The van der Waals surface area contributed by atoms with Crippen molar-refractivity contribution in [1.29, 1.82) is 0 Å². The Balaban J connectivity index is 2.17. The minimum atomic E-state index is -0.766. The molecule has 1 N–H and O–H groups in total. The first-order valence-electron chi connectivity index (χ1n) is 7.66. The third-order valence-corrected chi connectivity index (χ3v) is 4.10. The van der Waals surface area contributed by atoms with Crippen molar-refractivity contribution in [2.45, 2.75) is 63.8 Å². The number of carboxylic acids is 1. The molecule has 106 valence electrons. The molecule has 2 rings (SSSR count). The van der Waals surface area contributed by atoms with Crippen LogP contribution in [0.25, 0.3) is 0 Å². The van der Waals surface area contributed by atoms with Crippen molar-refractivity contribution in [1.82, 2.24) is 4.90 Å². The van der Waals surface area contributed by atoms with E-state index in [0.717, 1.165) is 38.6 Å². The van der Waals surface area contributed by atoms with Gasteiger partial charge in [-0.05, 0) is 38.5 Å². The Morgan fingerprint density at radius 2 is 1.89 bits per heavy atom. The van der Waals surface area contributed by atoms with Gasteiger partial charge in [0.15, 0.2) is 0 Å². The molecule has 0 amide bonds. The quantitative estimate of drug-likeness (QED) is 0.772. The van der Waals surface area contributed by atoms with Gasteiger partial charge in [0.25, 0.3) is 0 Å². The molecule has 2 aliphatic rings. The molecule has 1 aliphatic heterocycles. The lowest BCUT2D eigenvalue weighted by Gasteiger charge is -2.34. The van der Waals surface area contributed by atoms with Gasteiger partial charge in [-0.3, -0.25) is 0 Å². The predicted molar refractivity (Wildman–Crippen MR) is 76.9 cm³/mol. The van der Waals surface area contributed by atoms with E-state index in [1.807, 2.05) is 6.08 Å². The van der Waals surface area contributed by atoms with Crippen molar-refractivity contribution in [3.63, 3.8) is 0 Å². The average molecular weight is 263 g/mol. The van der Waals surface area contributed by atoms with Crippen LogP contribution >= 0.6 is 0 Å². The molecule has 1 unspecified atom stereocenters. The fraction of sp³-hybridized carbons (Fsp3) is 0.688. The lowest BCUT2D eigenvalue weighted by atomic mass is 9.99. The number of carboxylic acid groups (broad SMARTS) is 1. The first kappa shape index (κ1) is 14.2. The lowest BCUT2D eigenvalue weighted by molar-refractivity contribution is -0.134.